The van der Waals surface area contributed by atoms with Crippen molar-refractivity contribution in [1.82, 2.24) is 20.1 Å². The maximum Gasteiger partial charge on any atom is 0.280 e. The van der Waals surface area contributed by atoms with Gasteiger partial charge in [-0.3, -0.25) is 19.7 Å². The first-order valence-corrected chi connectivity index (χ1v) is 9.15. The molecule has 0 aliphatic rings. The summed E-state index contributed by atoms with van der Waals surface area (Å²) in [6.45, 7) is 1.06. The number of hydrogen-bond donors (Lipinski definition) is 2. The van der Waals surface area contributed by atoms with E-state index in [0.717, 1.165) is 0 Å². The highest BCUT2D eigenvalue weighted by Gasteiger charge is 2.14. The summed E-state index contributed by atoms with van der Waals surface area (Å²) in [5, 5.41) is 6.71. The van der Waals surface area contributed by atoms with Crippen molar-refractivity contribution in [3.8, 4) is 5.69 Å². The number of aromatic amines is 1. The Morgan fingerprint density at radius 2 is 2.07 bits per heavy atom. The summed E-state index contributed by atoms with van der Waals surface area (Å²) in [6, 6.07) is 11.3. The van der Waals surface area contributed by atoms with Crippen molar-refractivity contribution in [2.45, 2.75) is 6.42 Å². The Morgan fingerprint density at radius 3 is 2.90 bits per heavy atom. The number of benzene rings is 2. The molecular weight excluding hydrogens is 375 g/mol. The second-order valence-corrected chi connectivity index (χ2v) is 6.59. The van der Waals surface area contributed by atoms with E-state index in [-0.39, 0.29) is 17.0 Å². The van der Waals surface area contributed by atoms with Gasteiger partial charge in [-0.25, -0.2) is 9.07 Å². The molecule has 1 amide bonds. The second-order valence-electron chi connectivity index (χ2n) is 6.59. The molecule has 0 saturated carbocycles. The maximum absolute atomic E-state index is 14.0. The Balaban J connectivity index is 1.73. The third kappa shape index (κ3) is 3.50. The van der Waals surface area contributed by atoms with Crippen LogP contribution >= 0.6 is 0 Å². The van der Waals surface area contributed by atoms with E-state index in [2.05, 4.69) is 15.4 Å². The van der Waals surface area contributed by atoms with Crippen LogP contribution in [0.15, 0.2) is 53.5 Å². The molecule has 29 heavy (non-hydrogen) atoms. The number of ether oxygens (including phenoxy) is 1. The van der Waals surface area contributed by atoms with Gasteiger partial charge in [0.25, 0.3) is 11.5 Å². The zero-order valence-electron chi connectivity index (χ0n) is 15.7. The van der Waals surface area contributed by atoms with E-state index in [1.807, 2.05) is 0 Å². The fourth-order valence-corrected chi connectivity index (χ4v) is 3.24. The molecule has 0 atom stereocenters. The van der Waals surface area contributed by atoms with Gasteiger partial charge in [-0.1, -0.05) is 18.2 Å². The van der Waals surface area contributed by atoms with Gasteiger partial charge in [0.1, 0.15) is 11.3 Å². The number of nitrogens with one attached hydrogen (secondary N) is 2. The third-order valence-corrected chi connectivity index (χ3v) is 4.68. The number of pyridine rings is 1. The first-order valence-electron chi connectivity index (χ1n) is 9.15. The van der Waals surface area contributed by atoms with Gasteiger partial charge in [0.2, 0.25) is 0 Å². The monoisotopic (exact) mass is 394 g/mol. The van der Waals surface area contributed by atoms with Gasteiger partial charge in [-0.2, -0.15) is 0 Å². The summed E-state index contributed by atoms with van der Waals surface area (Å²) in [4.78, 5) is 29.3. The van der Waals surface area contributed by atoms with Crippen molar-refractivity contribution in [2.75, 3.05) is 20.3 Å². The molecule has 0 aliphatic heterocycles. The molecule has 0 radical (unpaired) electrons. The Morgan fingerprint density at radius 1 is 1.24 bits per heavy atom. The van der Waals surface area contributed by atoms with Crippen molar-refractivity contribution in [3.63, 3.8) is 0 Å². The first kappa shape index (κ1) is 18.8. The second kappa shape index (κ2) is 7.84. The SMILES string of the molecule is COCCCNC(=O)c1cccc(-n2[nH]c3c(cnc4c(F)cccc43)c2=O)c1. The Bertz CT molecular complexity index is 1260. The smallest absolute Gasteiger partial charge is 0.280 e. The average molecular weight is 394 g/mol. The minimum atomic E-state index is -0.454. The van der Waals surface area contributed by atoms with Crippen LogP contribution in [0.2, 0.25) is 0 Å². The van der Waals surface area contributed by atoms with Crippen LogP contribution < -0.4 is 10.9 Å². The van der Waals surface area contributed by atoms with E-state index in [1.54, 1.807) is 43.5 Å². The fourth-order valence-electron chi connectivity index (χ4n) is 3.24. The molecule has 2 N–H and O–H groups in total. The van der Waals surface area contributed by atoms with E-state index >= 15 is 0 Å². The summed E-state index contributed by atoms with van der Waals surface area (Å²) in [5.74, 6) is -0.688. The molecule has 4 aromatic rings. The first-order chi connectivity index (χ1) is 14.1. The summed E-state index contributed by atoms with van der Waals surface area (Å²) >= 11 is 0. The zero-order chi connectivity index (χ0) is 20.4. The van der Waals surface area contributed by atoms with Crippen LogP contribution in [0.1, 0.15) is 16.8 Å². The minimum Gasteiger partial charge on any atom is -0.385 e. The van der Waals surface area contributed by atoms with Crippen LogP contribution in [-0.4, -0.2) is 40.9 Å². The fraction of sp³-hybridized carbons (Fsp3) is 0.190. The van der Waals surface area contributed by atoms with Gasteiger partial charge >= 0.3 is 0 Å². The molecule has 0 aliphatic carbocycles. The average Bonchev–Trinajstić information content (AvgIpc) is 3.08. The maximum atomic E-state index is 14.0. The molecule has 7 nitrogen and oxygen atoms in total. The van der Waals surface area contributed by atoms with E-state index in [0.29, 0.717) is 47.1 Å². The zero-order valence-corrected chi connectivity index (χ0v) is 15.7. The molecule has 8 heteroatoms. The number of methoxy groups -OCH3 is 1. The van der Waals surface area contributed by atoms with Crippen LogP contribution in [0.3, 0.4) is 0 Å². The van der Waals surface area contributed by atoms with E-state index in [1.165, 1.54) is 16.9 Å². The molecule has 0 unspecified atom stereocenters. The topological polar surface area (TPSA) is 89.0 Å². The molecule has 2 aromatic heterocycles. The van der Waals surface area contributed by atoms with Crippen LogP contribution in [0.5, 0.6) is 0 Å². The number of amides is 1. The molecule has 148 valence electrons. The molecule has 0 bridgehead atoms. The number of H-pyrrole nitrogens is 1. The Labute approximate surface area is 165 Å². The lowest BCUT2D eigenvalue weighted by Crippen LogP contribution is -2.25. The summed E-state index contributed by atoms with van der Waals surface area (Å²) < 4.78 is 20.3. The van der Waals surface area contributed by atoms with Crippen LogP contribution in [0.4, 0.5) is 4.39 Å². The predicted molar refractivity (Wildman–Crippen MR) is 108 cm³/mol. The predicted octanol–water partition coefficient (Wildman–Crippen LogP) is 2.77. The molecule has 2 heterocycles. The number of para-hydroxylation sites is 1. The van der Waals surface area contributed by atoms with Crippen LogP contribution in [0, 0.1) is 5.82 Å². The lowest BCUT2D eigenvalue weighted by atomic mass is 10.1. The van der Waals surface area contributed by atoms with Gasteiger partial charge in [0.05, 0.1) is 16.6 Å². The lowest BCUT2D eigenvalue weighted by molar-refractivity contribution is 0.0948. The number of nitrogens with zero attached hydrogens (tertiary/aromatic N) is 2. The molecule has 2 aromatic carbocycles. The minimum absolute atomic E-state index is 0.192. The highest BCUT2D eigenvalue weighted by Crippen LogP contribution is 2.22. The molecule has 4 rings (SSSR count). The summed E-state index contributed by atoms with van der Waals surface area (Å²) in [5.41, 5.74) is 1.29. The normalized spacial score (nSPS) is 11.2. The van der Waals surface area contributed by atoms with Crippen molar-refractivity contribution < 1.29 is 13.9 Å². The summed E-state index contributed by atoms with van der Waals surface area (Å²) in [6.07, 6.45) is 2.07. The van der Waals surface area contributed by atoms with E-state index < -0.39 is 5.82 Å². The van der Waals surface area contributed by atoms with Crippen molar-refractivity contribution in [1.29, 1.82) is 0 Å². The Hall–Kier alpha value is -3.52. The van der Waals surface area contributed by atoms with Gasteiger partial charge in [0.15, 0.2) is 0 Å². The number of carbonyl (C=O) groups excluding carboxylic acids is 1. The highest BCUT2D eigenvalue weighted by molar-refractivity contribution is 6.03. The van der Waals surface area contributed by atoms with Crippen LogP contribution in [-0.2, 0) is 4.74 Å². The number of aromatic nitrogens is 3. The standard InChI is InChI=1S/C21H19FN4O3/c1-29-10-4-9-23-20(27)13-5-2-6-14(11-13)26-21(28)16-12-24-19-15(18(16)25-26)7-3-8-17(19)22/h2-3,5-8,11-12,25H,4,9-10H2,1H3,(H,23,27). The number of carbonyl (C=O) groups is 1. The van der Waals surface area contributed by atoms with Crippen LogP contribution in [0.25, 0.3) is 27.5 Å². The van der Waals surface area contributed by atoms with E-state index in [4.69, 9.17) is 4.74 Å². The van der Waals surface area contributed by atoms with Gasteiger partial charge in [-0.15, -0.1) is 0 Å². The molecular formula is C21H19FN4O3. The summed E-state index contributed by atoms with van der Waals surface area (Å²) in [7, 11) is 1.61. The largest absolute Gasteiger partial charge is 0.385 e. The number of halogens is 1. The quantitative estimate of drug-likeness (QED) is 0.492. The van der Waals surface area contributed by atoms with Crippen molar-refractivity contribution in [3.05, 3.63) is 70.4 Å². The highest BCUT2D eigenvalue weighted by atomic mass is 19.1. The number of rotatable bonds is 6. The van der Waals surface area contributed by atoms with Gasteiger partial charge < -0.3 is 10.1 Å². The van der Waals surface area contributed by atoms with E-state index in [9.17, 15) is 14.0 Å². The lowest BCUT2D eigenvalue weighted by Gasteiger charge is -2.07. The van der Waals surface area contributed by atoms with Gasteiger partial charge in [-0.05, 0) is 30.7 Å². The number of fused-ring (bicyclic) bond motifs is 3. The van der Waals surface area contributed by atoms with Gasteiger partial charge in [0, 0.05) is 37.4 Å². The molecule has 0 spiro atoms. The number of hydrogen-bond acceptors (Lipinski definition) is 4. The Kier molecular flexibility index (Phi) is 5.09. The molecule has 0 saturated heterocycles. The van der Waals surface area contributed by atoms with Crippen molar-refractivity contribution in [2.24, 2.45) is 0 Å². The van der Waals surface area contributed by atoms with Crippen molar-refractivity contribution >= 4 is 27.7 Å². The third-order valence-electron chi connectivity index (χ3n) is 4.68. The molecule has 0 fully saturated rings.